The highest BCUT2D eigenvalue weighted by Gasteiger charge is 2.36. The highest BCUT2D eigenvalue weighted by molar-refractivity contribution is 7.89. The van der Waals surface area contributed by atoms with Gasteiger partial charge in [0, 0.05) is 33.4 Å². The Balaban J connectivity index is 2.16. The van der Waals surface area contributed by atoms with Gasteiger partial charge in [0.1, 0.15) is 10.0 Å². The minimum absolute atomic E-state index is 0.0445. The summed E-state index contributed by atoms with van der Waals surface area (Å²) in [6.45, 7) is 0.553. The van der Waals surface area contributed by atoms with Gasteiger partial charge in [-0.25, -0.2) is 13.4 Å². The van der Waals surface area contributed by atoms with Crippen LogP contribution in [0.15, 0.2) is 23.2 Å². The van der Waals surface area contributed by atoms with Gasteiger partial charge >= 0.3 is 0 Å². The average molecular weight is 318 g/mol. The molecule has 0 saturated carbocycles. The van der Waals surface area contributed by atoms with E-state index in [4.69, 9.17) is 11.6 Å². The van der Waals surface area contributed by atoms with Gasteiger partial charge in [-0.15, -0.1) is 0 Å². The third-order valence-electron chi connectivity index (χ3n) is 3.28. The first-order chi connectivity index (χ1) is 9.32. The van der Waals surface area contributed by atoms with Crippen molar-refractivity contribution in [1.29, 1.82) is 0 Å². The molecule has 1 fully saturated rings. The summed E-state index contributed by atoms with van der Waals surface area (Å²) in [4.78, 5) is 17.2. The zero-order valence-electron chi connectivity index (χ0n) is 11.3. The molecule has 2 heterocycles. The summed E-state index contributed by atoms with van der Waals surface area (Å²) in [5, 5.41) is 0.242. The zero-order valence-corrected chi connectivity index (χ0v) is 12.9. The summed E-state index contributed by atoms with van der Waals surface area (Å²) >= 11 is 5.65. The topological polar surface area (TPSA) is 70.6 Å². The first-order valence-corrected chi connectivity index (χ1v) is 7.97. The van der Waals surface area contributed by atoms with Crippen LogP contribution in [-0.2, 0) is 14.8 Å². The van der Waals surface area contributed by atoms with E-state index in [2.05, 4.69) is 4.98 Å². The first kappa shape index (κ1) is 15.2. The summed E-state index contributed by atoms with van der Waals surface area (Å²) in [5.41, 5.74) is 0. The van der Waals surface area contributed by atoms with Crippen LogP contribution in [0.3, 0.4) is 0 Å². The molecule has 6 nitrogen and oxygen atoms in total. The molecule has 0 bridgehead atoms. The molecular formula is C12H16ClN3O3S. The number of aromatic nitrogens is 1. The van der Waals surface area contributed by atoms with Crippen molar-refractivity contribution in [3.63, 3.8) is 0 Å². The van der Waals surface area contributed by atoms with Gasteiger partial charge in [0.2, 0.25) is 15.9 Å². The summed E-state index contributed by atoms with van der Waals surface area (Å²) in [6, 6.07) is 2.86. The Bertz CT molecular complexity index is 601. The molecule has 1 aliphatic rings. The van der Waals surface area contributed by atoms with Gasteiger partial charge in [0.25, 0.3) is 0 Å². The number of carbonyl (C=O) groups is 1. The number of carbonyl (C=O) groups excluding carboxylic acids is 1. The Hall–Kier alpha value is -1.18. The lowest BCUT2D eigenvalue weighted by Gasteiger charge is -2.18. The van der Waals surface area contributed by atoms with Gasteiger partial charge in [-0.2, -0.15) is 4.31 Å². The lowest BCUT2D eigenvalue weighted by Crippen LogP contribution is -2.34. The third-order valence-corrected chi connectivity index (χ3v) is 5.35. The molecule has 8 heteroatoms. The number of rotatable bonds is 3. The SMILES string of the molecule is CN(C)C(=O)[C@H]1CCN(S(=O)(=O)c2ccc(Cl)nc2)C1. The van der Waals surface area contributed by atoms with Crippen molar-refractivity contribution in [2.75, 3.05) is 27.2 Å². The van der Waals surface area contributed by atoms with E-state index in [0.717, 1.165) is 0 Å². The lowest BCUT2D eigenvalue weighted by molar-refractivity contribution is -0.132. The summed E-state index contributed by atoms with van der Waals surface area (Å²) in [6.07, 6.45) is 1.77. The summed E-state index contributed by atoms with van der Waals surface area (Å²) in [5.74, 6) is -0.322. The quantitative estimate of drug-likeness (QED) is 0.774. The monoisotopic (exact) mass is 317 g/mol. The minimum atomic E-state index is -3.61. The highest BCUT2D eigenvalue weighted by atomic mass is 35.5. The maximum Gasteiger partial charge on any atom is 0.244 e. The van der Waals surface area contributed by atoms with Gasteiger partial charge < -0.3 is 4.90 Å². The smallest absolute Gasteiger partial charge is 0.244 e. The second kappa shape index (κ2) is 5.67. The molecule has 0 radical (unpaired) electrons. The van der Waals surface area contributed by atoms with Crippen LogP contribution in [0.4, 0.5) is 0 Å². The van der Waals surface area contributed by atoms with Gasteiger partial charge in [-0.3, -0.25) is 4.79 Å². The van der Waals surface area contributed by atoms with Crippen LogP contribution in [0.1, 0.15) is 6.42 Å². The fourth-order valence-corrected chi connectivity index (χ4v) is 3.73. The standard InChI is InChI=1S/C12H16ClN3O3S/c1-15(2)12(17)9-5-6-16(8-9)20(18,19)10-3-4-11(13)14-7-10/h3-4,7,9H,5-6,8H2,1-2H3/t9-/m0/s1. The van der Waals surface area contributed by atoms with Gasteiger partial charge in [-0.05, 0) is 18.6 Å². The van der Waals surface area contributed by atoms with Crippen molar-refractivity contribution >= 4 is 27.5 Å². The number of sulfonamides is 1. The van der Waals surface area contributed by atoms with Crippen LogP contribution < -0.4 is 0 Å². The van der Waals surface area contributed by atoms with E-state index >= 15 is 0 Å². The van der Waals surface area contributed by atoms with Crippen LogP contribution in [0.5, 0.6) is 0 Å². The fraction of sp³-hybridized carbons (Fsp3) is 0.500. The summed E-state index contributed by atoms with van der Waals surface area (Å²) < 4.78 is 26.1. The van der Waals surface area contributed by atoms with Gasteiger partial charge in [-0.1, -0.05) is 11.6 Å². The molecule has 110 valence electrons. The molecule has 1 aromatic rings. The molecule has 0 aliphatic carbocycles. The number of hydrogen-bond donors (Lipinski definition) is 0. The average Bonchev–Trinajstić information content (AvgIpc) is 2.88. The summed E-state index contributed by atoms with van der Waals surface area (Å²) in [7, 11) is -0.268. The maximum atomic E-state index is 12.4. The molecule has 1 aromatic heterocycles. The second-order valence-corrected chi connectivity index (χ2v) is 7.22. The van der Waals surface area contributed by atoms with E-state index in [9.17, 15) is 13.2 Å². The first-order valence-electron chi connectivity index (χ1n) is 6.15. The van der Waals surface area contributed by atoms with E-state index in [1.807, 2.05) is 0 Å². The molecule has 2 rings (SSSR count). The molecule has 20 heavy (non-hydrogen) atoms. The minimum Gasteiger partial charge on any atom is -0.349 e. The number of halogens is 1. The molecule has 0 N–H and O–H groups in total. The van der Waals surface area contributed by atoms with Crippen molar-refractivity contribution in [1.82, 2.24) is 14.2 Å². The van der Waals surface area contributed by atoms with Gasteiger partial charge in [0.15, 0.2) is 0 Å². The highest BCUT2D eigenvalue weighted by Crippen LogP contribution is 2.25. The number of pyridine rings is 1. The van der Waals surface area contributed by atoms with Crippen molar-refractivity contribution in [3.8, 4) is 0 Å². The molecule has 1 saturated heterocycles. The molecule has 1 amide bonds. The van der Waals surface area contributed by atoms with E-state index in [-0.39, 0.29) is 28.4 Å². The predicted octanol–water partition coefficient (Wildman–Crippen LogP) is 0.834. The van der Waals surface area contributed by atoms with Crippen LogP contribution >= 0.6 is 11.6 Å². The molecule has 0 aromatic carbocycles. The molecule has 0 spiro atoms. The van der Waals surface area contributed by atoms with E-state index in [1.54, 1.807) is 14.1 Å². The molecule has 1 atom stereocenters. The largest absolute Gasteiger partial charge is 0.349 e. The molecule has 0 unspecified atom stereocenters. The van der Waals surface area contributed by atoms with Crippen molar-refractivity contribution in [2.24, 2.45) is 5.92 Å². The third kappa shape index (κ3) is 2.94. The number of nitrogens with zero attached hydrogens (tertiary/aromatic N) is 3. The van der Waals surface area contributed by atoms with Crippen molar-refractivity contribution in [2.45, 2.75) is 11.3 Å². The Morgan fingerprint density at radius 3 is 2.70 bits per heavy atom. The Labute approximate surface area is 123 Å². The van der Waals surface area contributed by atoms with E-state index < -0.39 is 10.0 Å². The van der Waals surface area contributed by atoms with Gasteiger partial charge in [0.05, 0.1) is 5.92 Å². The molecule has 1 aliphatic heterocycles. The predicted molar refractivity (Wildman–Crippen MR) is 74.8 cm³/mol. The Morgan fingerprint density at radius 2 is 2.15 bits per heavy atom. The maximum absolute atomic E-state index is 12.4. The van der Waals surface area contributed by atoms with Crippen molar-refractivity contribution in [3.05, 3.63) is 23.5 Å². The lowest BCUT2D eigenvalue weighted by atomic mass is 10.1. The Kier molecular flexibility index (Phi) is 4.31. The van der Waals surface area contributed by atoms with Crippen LogP contribution in [0.25, 0.3) is 0 Å². The van der Waals surface area contributed by atoms with Crippen LogP contribution in [0.2, 0.25) is 5.15 Å². The van der Waals surface area contributed by atoms with Crippen LogP contribution in [0, 0.1) is 5.92 Å². The Morgan fingerprint density at radius 1 is 1.45 bits per heavy atom. The fourth-order valence-electron chi connectivity index (χ4n) is 2.18. The van der Waals surface area contributed by atoms with Crippen molar-refractivity contribution < 1.29 is 13.2 Å². The zero-order chi connectivity index (χ0) is 14.9. The molecular weight excluding hydrogens is 302 g/mol. The normalized spacial score (nSPS) is 20.1. The number of amides is 1. The van der Waals surface area contributed by atoms with Crippen LogP contribution in [-0.4, -0.2) is 55.7 Å². The van der Waals surface area contributed by atoms with E-state index in [1.165, 1.54) is 27.5 Å². The number of hydrogen-bond acceptors (Lipinski definition) is 4. The second-order valence-electron chi connectivity index (χ2n) is 4.90. The van der Waals surface area contributed by atoms with E-state index in [0.29, 0.717) is 13.0 Å².